The first-order chi connectivity index (χ1) is 22.6. The number of halogens is 3. The second-order valence-corrected chi connectivity index (χ2v) is 15.1. The number of ether oxygens (including phenoxy) is 1. The summed E-state index contributed by atoms with van der Waals surface area (Å²) in [5.74, 6) is -1.02. The first-order valence-electron chi connectivity index (χ1n) is 14.9. The van der Waals surface area contributed by atoms with Gasteiger partial charge in [-0.2, -0.15) is 18.2 Å². The SMILES string of the molecule is COc1cc(C[P+](=O)OC(C)C(C)O)ccc1Nc1ncc(C(F)(F)F)c(Nc2ccc(N3CCS(=O)(=O)CC3)c3c2C(=O)N(C)C3)n1. The number of carbonyl (C=O) groups is 1. The molecule has 2 aliphatic rings. The zero-order valence-electron chi connectivity index (χ0n) is 26.5. The fraction of sp³-hybridized carbons (Fsp3) is 0.433. The number of nitrogens with zero attached hydrogens (tertiary/aromatic N) is 4. The maximum atomic E-state index is 14.1. The minimum Gasteiger partial charge on any atom is -0.495 e. The van der Waals surface area contributed by atoms with E-state index in [1.807, 2.05) is 4.90 Å². The average molecular weight is 712 g/mol. The van der Waals surface area contributed by atoms with Crippen molar-refractivity contribution < 1.29 is 45.3 Å². The minimum absolute atomic E-state index is 0.0295. The van der Waals surface area contributed by atoms with Gasteiger partial charge in [-0.1, -0.05) is 6.07 Å². The molecule has 1 fully saturated rings. The maximum Gasteiger partial charge on any atom is 0.513 e. The van der Waals surface area contributed by atoms with Crippen LogP contribution in [0, 0.1) is 0 Å². The van der Waals surface area contributed by atoms with E-state index in [0.29, 0.717) is 28.7 Å². The van der Waals surface area contributed by atoms with Gasteiger partial charge in [-0.05, 0) is 42.7 Å². The Hall–Kier alpha value is -4.05. The van der Waals surface area contributed by atoms with Crippen molar-refractivity contribution in [3.63, 3.8) is 0 Å². The molecule has 3 heterocycles. The highest BCUT2D eigenvalue weighted by molar-refractivity contribution is 7.91. The molecule has 3 atom stereocenters. The summed E-state index contributed by atoms with van der Waals surface area (Å²) in [4.78, 5) is 24.5. The molecule has 1 aromatic heterocycles. The van der Waals surface area contributed by atoms with Crippen LogP contribution in [0.15, 0.2) is 36.5 Å². The van der Waals surface area contributed by atoms with E-state index in [9.17, 15) is 36.1 Å². The molecule has 48 heavy (non-hydrogen) atoms. The Morgan fingerprint density at radius 1 is 1.10 bits per heavy atom. The Balaban J connectivity index is 1.43. The summed E-state index contributed by atoms with van der Waals surface area (Å²) in [6, 6.07) is 7.93. The number of aromatic nitrogens is 2. The summed E-state index contributed by atoms with van der Waals surface area (Å²) < 4.78 is 89.6. The number of sulfone groups is 1. The number of aliphatic hydroxyl groups excluding tert-OH is 1. The fourth-order valence-corrected chi connectivity index (χ4v) is 7.60. The third-order valence-corrected chi connectivity index (χ3v) is 10.9. The van der Waals surface area contributed by atoms with Gasteiger partial charge in [-0.25, -0.2) is 13.4 Å². The number of hydrogen-bond acceptors (Lipinski definition) is 12. The first kappa shape index (κ1) is 35.3. The largest absolute Gasteiger partial charge is 0.513 e. The fourth-order valence-electron chi connectivity index (χ4n) is 5.28. The van der Waals surface area contributed by atoms with Crippen molar-refractivity contribution in [2.75, 3.05) is 54.3 Å². The van der Waals surface area contributed by atoms with Gasteiger partial charge in [0.15, 0.2) is 9.84 Å². The van der Waals surface area contributed by atoms with Crippen molar-refractivity contribution in [1.29, 1.82) is 0 Å². The number of benzene rings is 2. The Morgan fingerprint density at radius 3 is 2.44 bits per heavy atom. The number of methoxy groups -OCH3 is 1. The summed E-state index contributed by atoms with van der Waals surface area (Å²) in [6.07, 6.45) is -5.63. The molecule has 2 aliphatic heterocycles. The molecule has 13 nitrogen and oxygen atoms in total. The molecule has 2 aromatic carbocycles. The summed E-state index contributed by atoms with van der Waals surface area (Å²) in [7, 11) is -2.35. The predicted octanol–water partition coefficient (Wildman–Crippen LogP) is 4.84. The number of amides is 1. The van der Waals surface area contributed by atoms with Crippen LogP contribution in [-0.2, 0) is 37.8 Å². The van der Waals surface area contributed by atoms with E-state index < -0.39 is 53.5 Å². The van der Waals surface area contributed by atoms with Crippen molar-refractivity contribution in [3.8, 4) is 5.75 Å². The van der Waals surface area contributed by atoms with Gasteiger partial charge in [0.25, 0.3) is 5.91 Å². The van der Waals surface area contributed by atoms with Crippen LogP contribution in [0.25, 0.3) is 0 Å². The molecule has 18 heteroatoms. The van der Waals surface area contributed by atoms with E-state index in [2.05, 4.69) is 20.6 Å². The number of carbonyl (C=O) groups excluding carboxylic acids is 1. The van der Waals surface area contributed by atoms with E-state index in [4.69, 9.17) is 9.26 Å². The molecule has 258 valence electrons. The van der Waals surface area contributed by atoms with Crippen LogP contribution in [0.1, 0.15) is 40.9 Å². The number of anilines is 5. The predicted molar refractivity (Wildman–Crippen MR) is 173 cm³/mol. The van der Waals surface area contributed by atoms with Crippen molar-refractivity contribution >= 4 is 52.6 Å². The second kappa shape index (κ2) is 13.8. The van der Waals surface area contributed by atoms with Gasteiger partial charge in [0.2, 0.25) is 12.1 Å². The summed E-state index contributed by atoms with van der Waals surface area (Å²) in [5, 5.41) is 15.2. The van der Waals surface area contributed by atoms with Crippen LogP contribution in [0.5, 0.6) is 5.75 Å². The van der Waals surface area contributed by atoms with Gasteiger partial charge >= 0.3 is 14.2 Å². The standard InChI is InChI=1S/C30H34F3N6O7PS/c1-17(40)18(2)46-47(42)16-19-5-6-22(25(13-19)45-4)36-29-34-14-21(30(31,32)33)27(37-29)35-23-7-8-24(20-15-38(3)28(41)26(20)23)39-9-11-48(43,44)12-10-39/h5-8,13-14,17-18,40H,9-12,15-16H2,1-4H3,(H-,34,35,36,37,41)/p+1. The second-order valence-electron chi connectivity index (χ2n) is 11.6. The smallest absolute Gasteiger partial charge is 0.495 e. The molecular weight excluding hydrogens is 676 g/mol. The number of aliphatic hydroxyl groups is 1. The van der Waals surface area contributed by atoms with E-state index in [-0.39, 0.29) is 60.3 Å². The lowest BCUT2D eigenvalue weighted by molar-refractivity contribution is -0.137. The van der Waals surface area contributed by atoms with E-state index in [1.165, 1.54) is 25.0 Å². The topological polar surface area (TPSA) is 163 Å². The van der Waals surface area contributed by atoms with Crippen LogP contribution >= 0.6 is 8.03 Å². The highest BCUT2D eigenvalue weighted by Gasteiger charge is 2.37. The van der Waals surface area contributed by atoms with Crippen LogP contribution in [0.3, 0.4) is 0 Å². The molecule has 0 spiro atoms. The Bertz CT molecular complexity index is 1830. The van der Waals surface area contributed by atoms with E-state index in [1.54, 1.807) is 38.2 Å². The molecule has 0 radical (unpaired) electrons. The number of fused-ring (bicyclic) bond motifs is 1. The quantitative estimate of drug-likeness (QED) is 0.233. The lowest BCUT2D eigenvalue weighted by Gasteiger charge is -2.30. The molecular formula is C30H35F3N6O7PS+. The molecule has 0 saturated carbocycles. The van der Waals surface area contributed by atoms with Crippen LogP contribution < -0.4 is 20.3 Å². The lowest BCUT2D eigenvalue weighted by Crippen LogP contribution is -2.40. The Kier molecular flexibility index (Phi) is 10.2. The minimum atomic E-state index is -4.84. The average Bonchev–Trinajstić information content (AvgIpc) is 3.31. The van der Waals surface area contributed by atoms with Crippen molar-refractivity contribution in [3.05, 3.63) is 58.8 Å². The number of rotatable bonds is 11. The zero-order chi connectivity index (χ0) is 35.0. The number of hydrogen-bond donors (Lipinski definition) is 3. The third kappa shape index (κ3) is 7.80. The molecule has 5 rings (SSSR count). The molecule has 1 saturated heterocycles. The molecule has 0 bridgehead atoms. The number of alkyl halides is 3. The zero-order valence-corrected chi connectivity index (χ0v) is 28.2. The van der Waals surface area contributed by atoms with Crippen LogP contribution in [0.4, 0.5) is 42.0 Å². The molecule has 3 N–H and O–H groups in total. The van der Waals surface area contributed by atoms with Crippen molar-refractivity contribution in [1.82, 2.24) is 14.9 Å². The number of nitrogens with one attached hydrogen (secondary N) is 2. The Labute approximate surface area is 276 Å². The normalized spacial score (nSPS) is 17.5. The molecule has 3 aromatic rings. The van der Waals surface area contributed by atoms with Crippen LogP contribution in [0.2, 0.25) is 0 Å². The Morgan fingerprint density at radius 2 is 1.79 bits per heavy atom. The first-order valence-corrected chi connectivity index (χ1v) is 18.1. The van der Waals surface area contributed by atoms with Gasteiger partial charge < -0.3 is 30.3 Å². The summed E-state index contributed by atoms with van der Waals surface area (Å²) >= 11 is 0. The maximum absolute atomic E-state index is 14.1. The van der Waals surface area contributed by atoms with Gasteiger partial charge in [-0.15, -0.1) is 4.52 Å². The van der Waals surface area contributed by atoms with E-state index in [0.717, 1.165) is 0 Å². The van der Waals surface area contributed by atoms with Crippen LogP contribution in [-0.4, -0.2) is 85.3 Å². The highest BCUT2D eigenvalue weighted by Crippen LogP contribution is 2.41. The molecule has 1 amide bonds. The van der Waals surface area contributed by atoms with Crippen molar-refractivity contribution in [2.24, 2.45) is 0 Å². The van der Waals surface area contributed by atoms with Crippen molar-refractivity contribution in [2.45, 2.75) is 44.9 Å². The van der Waals surface area contributed by atoms with Gasteiger partial charge in [0.1, 0.15) is 23.2 Å². The van der Waals surface area contributed by atoms with Gasteiger partial charge in [0, 0.05) is 49.7 Å². The van der Waals surface area contributed by atoms with E-state index >= 15 is 0 Å². The third-order valence-electron chi connectivity index (χ3n) is 8.06. The summed E-state index contributed by atoms with van der Waals surface area (Å²) in [6.45, 7) is 3.79. The highest BCUT2D eigenvalue weighted by atomic mass is 32.2. The summed E-state index contributed by atoms with van der Waals surface area (Å²) in [5.41, 5.74) is 1.23. The molecule has 3 unspecified atom stereocenters. The monoisotopic (exact) mass is 711 g/mol. The van der Waals surface area contributed by atoms with Gasteiger partial charge in [-0.3, -0.25) is 4.79 Å². The lowest BCUT2D eigenvalue weighted by atomic mass is 10.0. The molecule has 0 aliphatic carbocycles. The van der Waals surface area contributed by atoms with Gasteiger partial charge in [0.05, 0.1) is 41.7 Å².